The number of aryl methyl sites for hydroxylation is 2. The Morgan fingerprint density at radius 3 is 2.60 bits per heavy atom. The zero-order valence-corrected chi connectivity index (χ0v) is 10.7. The molecule has 6 nitrogen and oxygen atoms in total. The number of nitrogens with zero attached hydrogens (tertiary/aromatic N) is 1. The van der Waals surface area contributed by atoms with E-state index in [1.165, 1.54) is 6.07 Å². The fourth-order valence-corrected chi connectivity index (χ4v) is 1.72. The van der Waals surface area contributed by atoms with Crippen molar-refractivity contribution in [2.45, 2.75) is 13.8 Å². The van der Waals surface area contributed by atoms with Gasteiger partial charge >= 0.3 is 5.97 Å². The minimum atomic E-state index is -1.34. The van der Waals surface area contributed by atoms with Crippen LogP contribution in [0.25, 0.3) is 0 Å². The largest absolute Gasteiger partial charge is 0.478 e. The van der Waals surface area contributed by atoms with Crippen molar-refractivity contribution >= 4 is 17.6 Å². The van der Waals surface area contributed by atoms with Gasteiger partial charge in [-0.3, -0.25) is 4.79 Å². The molecule has 2 aromatic rings. The molecule has 1 amide bonds. The Morgan fingerprint density at radius 1 is 1.35 bits per heavy atom. The number of hydrogen-bond acceptors (Lipinski definition) is 4. The Balaban J connectivity index is 2.33. The topological polar surface area (TPSA) is 92.4 Å². The molecule has 0 saturated carbocycles. The molecule has 0 fully saturated rings. The van der Waals surface area contributed by atoms with Crippen LogP contribution in [0.15, 0.2) is 22.6 Å². The number of rotatable bonds is 3. The maximum atomic E-state index is 13.0. The van der Waals surface area contributed by atoms with E-state index in [0.717, 1.165) is 12.1 Å². The summed E-state index contributed by atoms with van der Waals surface area (Å²) < 4.78 is 18.2. The van der Waals surface area contributed by atoms with Crippen molar-refractivity contribution in [3.63, 3.8) is 0 Å². The second kappa shape index (κ2) is 5.12. The molecule has 2 rings (SSSR count). The number of amides is 1. The van der Waals surface area contributed by atoms with Crippen molar-refractivity contribution in [3.8, 4) is 0 Å². The van der Waals surface area contributed by atoms with Gasteiger partial charge in [-0.15, -0.1) is 0 Å². The summed E-state index contributed by atoms with van der Waals surface area (Å²) in [6.45, 7) is 3.18. The van der Waals surface area contributed by atoms with Gasteiger partial charge in [-0.2, -0.15) is 0 Å². The summed E-state index contributed by atoms with van der Waals surface area (Å²) in [5, 5.41) is 11.3. The van der Waals surface area contributed by atoms with Crippen LogP contribution in [0.3, 0.4) is 0 Å². The third-order valence-corrected chi connectivity index (χ3v) is 2.57. The summed E-state index contributed by atoms with van der Waals surface area (Å²) >= 11 is 0. The number of halogens is 1. The number of carboxylic acid groups (broad SMARTS) is 1. The maximum absolute atomic E-state index is 13.0. The normalized spacial score (nSPS) is 10.3. The fraction of sp³-hybridized carbons (Fsp3) is 0.154. The maximum Gasteiger partial charge on any atom is 0.337 e. The minimum Gasteiger partial charge on any atom is -0.478 e. The number of benzene rings is 1. The van der Waals surface area contributed by atoms with Crippen LogP contribution in [-0.4, -0.2) is 22.0 Å². The fourth-order valence-electron chi connectivity index (χ4n) is 1.72. The molecule has 0 aliphatic carbocycles. The van der Waals surface area contributed by atoms with Gasteiger partial charge < -0.3 is 14.8 Å². The van der Waals surface area contributed by atoms with Crippen molar-refractivity contribution in [1.29, 1.82) is 0 Å². The molecule has 1 heterocycles. The van der Waals surface area contributed by atoms with E-state index in [1.54, 1.807) is 13.8 Å². The van der Waals surface area contributed by atoms with Gasteiger partial charge in [0.15, 0.2) is 5.89 Å². The average molecular weight is 278 g/mol. The smallest absolute Gasteiger partial charge is 0.337 e. The Kier molecular flexibility index (Phi) is 3.51. The predicted molar refractivity (Wildman–Crippen MR) is 67.3 cm³/mol. The number of aromatic carboxylic acids is 1. The highest BCUT2D eigenvalue weighted by Crippen LogP contribution is 2.19. The monoisotopic (exact) mass is 278 g/mol. The van der Waals surface area contributed by atoms with E-state index in [9.17, 15) is 14.0 Å². The van der Waals surface area contributed by atoms with Crippen molar-refractivity contribution in [1.82, 2.24) is 4.98 Å². The Hall–Kier alpha value is -2.70. The van der Waals surface area contributed by atoms with E-state index in [1.807, 2.05) is 0 Å². The highest BCUT2D eigenvalue weighted by Gasteiger charge is 2.19. The van der Waals surface area contributed by atoms with Gasteiger partial charge in [-0.05, 0) is 25.1 Å². The summed E-state index contributed by atoms with van der Waals surface area (Å²) in [6, 6.07) is 3.06. The molecule has 1 aromatic carbocycles. The standard InChI is InChI=1S/C13H11FN2O4/c1-6-11(20-7(2)15-6)12(17)16-10-4-3-8(14)5-9(10)13(18)19/h3-5H,1-2H3,(H,16,17)(H,18,19). The van der Waals surface area contributed by atoms with Crippen LogP contribution in [0, 0.1) is 19.7 Å². The molecule has 104 valence electrons. The Morgan fingerprint density at radius 2 is 2.05 bits per heavy atom. The summed E-state index contributed by atoms with van der Waals surface area (Å²) in [5.41, 5.74) is 0.0311. The van der Waals surface area contributed by atoms with E-state index in [2.05, 4.69) is 10.3 Å². The van der Waals surface area contributed by atoms with Crippen LogP contribution < -0.4 is 5.32 Å². The molecule has 0 unspecified atom stereocenters. The highest BCUT2D eigenvalue weighted by atomic mass is 19.1. The van der Waals surface area contributed by atoms with Crippen molar-refractivity contribution in [2.75, 3.05) is 5.32 Å². The van der Waals surface area contributed by atoms with Gasteiger partial charge in [-0.25, -0.2) is 14.2 Å². The predicted octanol–water partition coefficient (Wildman–Crippen LogP) is 2.38. The first-order valence-electron chi connectivity index (χ1n) is 5.66. The second-order valence-corrected chi connectivity index (χ2v) is 4.10. The lowest BCUT2D eigenvalue weighted by Crippen LogP contribution is -2.15. The lowest BCUT2D eigenvalue weighted by Gasteiger charge is -2.07. The molecule has 0 saturated heterocycles. The minimum absolute atomic E-state index is 0.0110. The van der Waals surface area contributed by atoms with Crippen LogP contribution in [0.2, 0.25) is 0 Å². The third-order valence-electron chi connectivity index (χ3n) is 2.57. The van der Waals surface area contributed by atoms with E-state index in [4.69, 9.17) is 9.52 Å². The molecule has 0 aliphatic heterocycles. The van der Waals surface area contributed by atoms with Gasteiger partial charge in [0.05, 0.1) is 16.9 Å². The zero-order chi connectivity index (χ0) is 14.9. The summed E-state index contributed by atoms with van der Waals surface area (Å²) in [4.78, 5) is 26.9. The molecule has 0 atom stereocenters. The average Bonchev–Trinajstić information content (AvgIpc) is 2.70. The van der Waals surface area contributed by atoms with E-state index >= 15 is 0 Å². The zero-order valence-electron chi connectivity index (χ0n) is 10.7. The van der Waals surface area contributed by atoms with Crippen LogP contribution in [0.1, 0.15) is 32.5 Å². The molecule has 2 N–H and O–H groups in total. The number of oxazole rings is 1. The van der Waals surface area contributed by atoms with Crippen molar-refractivity contribution in [2.24, 2.45) is 0 Å². The van der Waals surface area contributed by atoms with Crippen LogP contribution in [0.4, 0.5) is 10.1 Å². The number of nitrogens with one attached hydrogen (secondary N) is 1. The molecular formula is C13H11FN2O4. The molecule has 0 radical (unpaired) electrons. The number of hydrogen-bond donors (Lipinski definition) is 2. The number of aromatic nitrogens is 1. The Labute approximate surface area is 113 Å². The number of carbonyl (C=O) groups excluding carboxylic acids is 1. The third kappa shape index (κ3) is 2.66. The van der Waals surface area contributed by atoms with Crippen molar-refractivity contribution < 1.29 is 23.5 Å². The first-order valence-corrected chi connectivity index (χ1v) is 5.66. The first kappa shape index (κ1) is 13.7. The highest BCUT2D eigenvalue weighted by molar-refractivity contribution is 6.06. The van der Waals surface area contributed by atoms with Gasteiger partial charge in [0.1, 0.15) is 5.82 Å². The molecule has 0 aliphatic rings. The molecule has 1 aromatic heterocycles. The molecule has 20 heavy (non-hydrogen) atoms. The van der Waals surface area contributed by atoms with E-state index < -0.39 is 17.7 Å². The van der Waals surface area contributed by atoms with Crippen LogP contribution in [0.5, 0.6) is 0 Å². The Bertz CT molecular complexity index is 694. The second-order valence-electron chi connectivity index (χ2n) is 4.10. The van der Waals surface area contributed by atoms with Gasteiger partial charge in [-0.1, -0.05) is 0 Å². The van der Waals surface area contributed by atoms with Gasteiger partial charge in [0.25, 0.3) is 5.91 Å². The quantitative estimate of drug-likeness (QED) is 0.899. The SMILES string of the molecule is Cc1nc(C)c(C(=O)Nc2ccc(F)cc2C(=O)O)o1. The van der Waals surface area contributed by atoms with Crippen molar-refractivity contribution in [3.05, 3.63) is 46.9 Å². The molecule has 0 spiro atoms. The summed E-state index contributed by atoms with van der Waals surface area (Å²) in [7, 11) is 0. The van der Waals surface area contributed by atoms with E-state index in [0.29, 0.717) is 11.6 Å². The summed E-state index contributed by atoms with van der Waals surface area (Å²) in [5.74, 6) is -2.37. The van der Waals surface area contributed by atoms with Gasteiger partial charge in [0, 0.05) is 6.92 Å². The van der Waals surface area contributed by atoms with E-state index in [-0.39, 0.29) is 17.0 Å². The molecular weight excluding hydrogens is 267 g/mol. The van der Waals surface area contributed by atoms with Crippen LogP contribution in [-0.2, 0) is 0 Å². The van der Waals surface area contributed by atoms with Gasteiger partial charge in [0.2, 0.25) is 5.76 Å². The summed E-state index contributed by atoms with van der Waals surface area (Å²) in [6.07, 6.45) is 0. The molecule has 7 heteroatoms. The lowest BCUT2D eigenvalue weighted by molar-refractivity contribution is 0.0697. The number of anilines is 1. The lowest BCUT2D eigenvalue weighted by atomic mass is 10.1. The number of carbonyl (C=O) groups is 2. The molecule has 0 bridgehead atoms. The van der Waals surface area contributed by atoms with Crippen LogP contribution >= 0.6 is 0 Å². The number of carboxylic acids is 1. The first-order chi connectivity index (χ1) is 9.38.